The summed E-state index contributed by atoms with van der Waals surface area (Å²) in [5.41, 5.74) is 0. The number of ether oxygens (including phenoxy) is 1. The van der Waals surface area contributed by atoms with Gasteiger partial charge in [0.15, 0.2) is 0 Å². The SMILES string of the molecule is CCCCC/C=C\C/C=C\CCCCCCCCCC(=O)OCC/C=C\C/C=C\CCCCCCCCCCCCCCCCC(=O)NC(CO)C(O)CCCCCCCCCCCCCCCCCCCCCCCCCCC. The summed E-state index contributed by atoms with van der Waals surface area (Å²) in [7, 11) is 0. The lowest BCUT2D eigenvalue weighted by Gasteiger charge is -2.22. The lowest BCUT2D eigenvalue weighted by molar-refractivity contribution is -0.143. The number of nitrogens with one attached hydrogen (secondary N) is 1. The first-order valence-corrected chi connectivity index (χ1v) is 35.9. The summed E-state index contributed by atoms with van der Waals surface area (Å²) in [6.45, 7) is 4.85. The summed E-state index contributed by atoms with van der Waals surface area (Å²) in [5.74, 6) is -0.0784. The first kappa shape index (κ1) is 77.8. The average Bonchev–Trinajstić information content (AvgIpc) is 3.46. The number of hydrogen-bond donors (Lipinski definition) is 3. The normalized spacial score (nSPS) is 12.8. The van der Waals surface area contributed by atoms with Crippen molar-refractivity contribution in [2.24, 2.45) is 0 Å². The molecular formula is C74H139NO5. The third-order valence-electron chi connectivity index (χ3n) is 16.6. The monoisotopic (exact) mass is 1120 g/mol. The average molecular weight is 1120 g/mol. The van der Waals surface area contributed by atoms with Gasteiger partial charge in [-0.15, -0.1) is 0 Å². The van der Waals surface area contributed by atoms with E-state index >= 15 is 0 Å². The first-order chi connectivity index (χ1) is 39.5. The molecule has 80 heavy (non-hydrogen) atoms. The topological polar surface area (TPSA) is 95.9 Å². The van der Waals surface area contributed by atoms with Crippen LogP contribution < -0.4 is 5.32 Å². The van der Waals surface area contributed by atoms with Crippen molar-refractivity contribution >= 4 is 11.9 Å². The zero-order chi connectivity index (χ0) is 57.8. The van der Waals surface area contributed by atoms with E-state index < -0.39 is 12.1 Å². The van der Waals surface area contributed by atoms with Gasteiger partial charge >= 0.3 is 5.97 Å². The number of allylic oxidation sites excluding steroid dienone is 7. The van der Waals surface area contributed by atoms with Gasteiger partial charge in [0.2, 0.25) is 5.91 Å². The molecule has 2 unspecified atom stereocenters. The van der Waals surface area contributed by atoms with Crippen LogP contribution in [0.15, 0.2) is 48.6 Å². The van der Waals surface area contributed by atoms with Crippen LogP contribution in [0.4, 0.5) is 0 Å². The number of aliphatic hydroxyl groups is 2. The Morgan fingerprint density at radius 2 is 0.625 bits per heavy atom. The van der Waals surface area contributed by atoms with Crippen LogP contribution in [0.2, 0.25) is 0 Å². The highest BCUT2D eigenvalue weighted by molar-refractivity contribution is 5.76. The number of carbonyl (C=O) groups is 2. The van der Waals surface area contributed by atoms with Gasteiger partial charge in [0, 0.05) is 12.8 Å². The fourth-order valence-electron chi connectivity index (χ4n) is 11.2. The van der Waals surface area contributed by atoms with E-state index in [1.165, 1.54) is 295 Å². The molecular weight excluding hydrogens is 983 g/mol. The molecule has 0 spiro atoms. The van der Waals surface area contributed by atoms with Crippen molar-refractivity contribution in [1.82, 2.24) is 5.32 Å². The number of aliphatic hydroxyl groups excluding tert-OH is 2. The van der Waals surface area contributed by atoms with Gasteiger partial charge in [-0.1, -0.05) is 345 Å². The summed E-state index contributed by atoms with van der Waals surface area (Å²) in [5, 5.41) is 23.5. The van der Waals surface area contributed by atoms with Crippen molar-refractivity contribution < 1.29 is 24.5 Å². The zero-order valence-corrected chi connectivity index (χ0v) is 53.8. The number of unbranched alkanes of at least 4 members (excludes halogenated alkanes) is 48. The molecule has 0 saturated carbocycles. The van der Waals surface area contributed by atoms with Gasteiger partial charge in [-0.3, -0.25) is 9.59 Å². The number of rotatable bonds is 67. The molecule has 1 amide bonds. The highest BCUT2D eigenvalue weighted by Gasteiger charge is 2.20. The Morgan fingerprint density at radius 1 is 0.350 bits per heavy atom. The van der Waals surface area contributed by atoms with E-state index in [0.717, 1.165) is 57.8 Å². The second kappa shape index (κ2) is 69.3. The number of amides is 1. The number of carbonyl (C=O) groups excluding carboxylic acids is 2. The predicted octanol–water partition coefficient (Wildman–Crippen LogP) is 23.3. The van der Waals surface area contributed by atoms with Crippen LogP contribution in [0.25, 0.3) is 0 Å². The predicted molar refractivity (Wildman–Crippen MR) is 352 cm³/mol. The fourth-order valence-corrected chi connectivity index (χ4v) is 11.2. The highest BCUT2D eigenvalue weighted by atomic mass is 16.5. The zero-order valence-electron chi connectivity index (χ0n) is 53.8. The molecule has 0 aliphatic carbocycles. The molecule has 6 heteroatoms. The molecule has 6 nitrogen and oxygen atoms in total. The molecule has 2 atom stereocenters. The summed E-state index contributed by atoms with van der Waals surface area (Å²) in [6, 6.07) is -0.548. The van der Waals surface area contributed by atoms with Crippen molar-refractivity contribution in [2.75, 3.05) is 13.2 Å². The lowest BCUT2D eigenvalue weighted by atomic mass is 10.0. The molecule has 0 aromatic carbocycles. The molecule has 0 saturated heterocycles. The van der Waals surface area contributed by atoms with Crippen molar-refractivity contribution in [3.8, 4) is 0 Å². The molecule has 0 aliphatic rings. The Morgan fingerprint density at radius 3 is 0.975 bits per heavy atom. The van der Waals surface area contributed by atoms with Crippen molar-refractivity contribution in [3.63, 3.8) is 0 Å². The molecule has 0 rings (SSSR count). The van der Waals surface area contributed by atoms with Gasteiger partial charge in [-0.2, -0.15) is 0 Å². The van der Waals surface area contributed by atoms with Crippen LogP contribution in [0.5, 0.6) is 0 Å². The third-order valence-corrected chi connectivity index (χ3v) is 16.6. The van der Waals surface area contributed by atoms with Crippen LogP contribution in [0.1, 0.15) is 386 Å². The van der Waals surface area contributed by atoms with E-state index in [-0.39, 0.29) is 18.5 Å². The van der Waals surface area contributed by atoms with Gasteiger partial charge < -0.3 is 20.3 Å². The van der Waals surface area contributed by atoms with Gasteiger partial charge in [0.05, 0.1) is 25.4 Å². The van der Waals surface area contributed by atoms with Gasteiger partial charge in [0.25, 0.3) is 0 Å². The van der Waals surface area contributed by atoms with E-state index in [1.54, 1.807) is 0 Å². The van der Waals surface area contributed by atoms with E-state index in [4.69, 9.17) is 4.74 Å². The number of hydrogen-bond acceptors (Lipinski definition) is 5. The highest BCUT2D eigenvalue weighted by Crippen LogP contribution is 2.19. The van der Waals surface area contributed by atoms with E-state index in [9.17, 15) is 19.8 Å². The molecule has 0 bridgehead atoms. The summed E-state index contributed by atoms with van der Waals surface area (Å²) in [4.78, 5) is 24.6. The smallest absolute Gasteiger partial charge is 0.305 e. The van der Waals surface area contributed by atoms with Crippen molar-refractivity contribution in [1.29, 1.82) is 0 Å². The Bertz CT molecular complexity index is 1340. The molecule has 0 aromatic rings. The molecule has 470 valence electrons. The summed E-state index contributed by atoms with van der Waals surface area (Å²) >= 11 is 0. The van der Waals surface area contributed by atoms with Gasteiger partial charge in [-0.05, 0) is 77.0 Å². The standard InChI is InChI=1S/C74H139NO5/c1-3-5-7-9-11-13-15-17-19-21-22-23-24-25-26-28-31-35-38-42-46-50-54-58-62-66-72(77)71(70-76)75-73(78)67-63-59-55-51-47-43-39-36-32-29-27-30-33-37-41-45-49-53-57-61-65-69-80-74(79)68-64-60-56-52-48-44-40-34-20-18-16-14-12-10-8-6-4-2/h12,14,18,20,45,49,57,61,71-72,76-77H,3-11,13,15-17,19,21-44,46-48,50-56,58-60,62-70H2,1-2H3,(H,75,78)/b14-12-,20-18-,49-45-,61-57-. The minimum atomic E-state index is -0.671. The Labute approximate surface area is 499 Å². The fraction of sp³-hybridized carbons (Fsp3) is 0.865. The lowest BCUT2D eigenvalue weighted by Crippen LogP contribution is -2.45. The Balaban J connectivity index is 3.45. The Hall–Kier alpha value is -2.18. The second-order valence-electron chi connectivity index (χ2n) is 24.6. The molecule has 3 N–H and O–H groups in total. The maximum absolute atomic E-state index is 12.6. The largest absolute Gasteiger partial charge is 0.465 e. The van der Waals surface area contributed by atoms with Crippen molar-refractivity contribution in [3.05, 3.63) is 48.6 Å². The van der Waals surface area contributed by atoms with Gasteiger partial charge in [-0.25, -0.2) is 0 Å². The van der Waals surface area contributed by atoms with Gasteiger partial charge in [0.1, 0.15) is 0 Å². The summed E-state index contributed by atoms with van der Waals surface area (Å²) in [6.07, 6.45) is 90.3. The molecule has 0 aliphatic heterocycles. The van der Waals surface area contributed by atoms with Crippen LogP contribution in [0.3, 0.4) is 0 Å². The van der Waals surface area contributed by atoms with Crippen LogP contribution in [0, 0.1) is 0 Å². The molecule has 0 aromatic heterocycles. The quantitative estimate of drug-likeness (QED) is 0.0320. The van der Waals surface area contributed by atoms with E-state index in [2.05, 4.69) is 67.8 Å². The minimum absolute atomic E-state index is 0.0360. The molecule has 0 fully saturated rings. The van der Waals surface area contributed by atoms with Crippen LogP contribution in [-0.4, -0.2) is 47.4 Å². The number of esters is 1. The minimum Gasteiger partial charge on any atom is -0.465 e. The Kier molecular flexibility index (Phi) is 67.4. The van der Waals surface area contributed by atoms with Crippen LogP contribution >= 0.6 is 0 Å². The van der Waals surface area contributed by atoms with E-state index in [1.807, 2.05) is 0 Å². The molecule has 0 radical (unpaired) electrons. The van der Waals surface area contributed by atoms with E-state index in [0.29, 0.717) is 25.9 Å². The van der Waals surface area contributed by atoms with Crippen molar-refractivity contribution in [2.45, 2.75) is 398 Å². The molecule has 0 heterocycles. The summed E-state index contributed by atoms with van der Waals surface area (Å²) < 4.78 is 5.43. The van der Waals surface area contributed by atoms with Crippen LogP contribution in [-0.2, 0) is 14.3 Å². The first-order valence-electron chi connectivity index (χ1n) is 35.9. The second-order valence-corrected chi connectivity index (χ2v) is 24.6. The maximum atomic E-state index is 12.6. The maximum Gasteiger partial charge on any atom is 0.305 e. The third kappa shape index (κ3) is 65.0.